The minimum absolute atomic E-state index is 0.00699. The molecule has 0 radical (unpaired) electrons. The van der Waals surface area contributed by atoms with Crippen LogP contribution in [0.1, 0.15) is 0 Å². The predicted octanol–water partition coefficient (Wildman–Crippen LogP) is 2.74. The summed E-state index contributed by atoms with van der Waals surface area (Å²) in [6.07, 6.45) is 1.29. The molecule has 2 rings (SSSR count). The molecule has 2 aromatic heterocycles. The summed E-state index contributed by atoms with van der Waals surface area (Å²) in [4.78, 5) is 3.60. The van der Waals surface area contributed by atoms with E-state index in [1.165, 1.54) is 24.4 Å². The van der Waals surface area contributed by atoms with E-state index in [4.69, 9.17) is 11.6 Å². The van der Waals surface area contributed by atoms with E-state index >= 15 is 0 Å². The van der Waals surface area contributed by atoms with Crippen LogP contribution in [0.25, 0.3) is 0 Å². The van der Waals surface area contributed by atoms with Crippen LogP contribution >= 0.6 is 22.9 Å². The van der Waals surface area contributed by atoms with Gasteiger partial charge < -0.3 is 0 Å². The van der Waals surface area contributed by atoms with Crippen LogP contribution in [0, 0.1) is 5.82 Å². The highest BCUT2D eigenvalue weighted by molar-refractivity contribution is 7.94. The molecule has 17 heavy (non-hydrogen) atoms. The second kappa shape index (κ2) is 4.59. The summed E-state index contributed by atoms with van der Waals surface area (Å²) in [5.74, 6) is -1.07. The van der Waals surface area contributed by atoms with Crippen LogP contribution < -0.4 is 4.72 Å². The Kier molecular flexibility index (Phi) is 3.32. The Labute approximate surface area is 106 Å². The van der Waals surface area contributed by atoms with Crippen LogP contribution in [-0.4, -0.2) is 13.4 Å². The zero-order valence-electron chi connectivity index (χ0n) is 8.22. The largest absolute Gasteiger partial charge is 0.272 e. The van der Waals surface area contributed by atoms with Crippen molar-refractivity contribution in [1.82, 2.24) is 4.98 Å². The summed E-state index contributed by atoms with van der Waals surface area (Å²) in [6, 6.07) is 5.28. The maximum absolute atomic E-state index is 13.2. The quantitative estimate of drug-likeness (QED) is 0.946. The molecule has 8 heteroatoms. The van der Waals surface area contributed by atoms with E-state index in [9.17, 15) is 12.8 Å². The zero-order chi connectivity index (χ0) is 12.5. The maximum atomic E-state index is 13.2. The number of nitrogens with zero attached hydrogens (tertiary/aromatic N) is 1. The Morgan fingerprint density at radius 2 is 2.12 bits per heavy atom. The topological polar surface area (TPSA) is 59.1 Å². The van der Waals surface area contributed by atoms with Crippen molar-refractivity contribution in [2.24, 2.45) is 0 Å². The molecule has 0 aliphatic carbocycles. The summed E-state index contributed by atoms with van der Waals surface area (Å²) in [5, 5.41) is 0. The van der Waals surface area contributed by atoms with E-state index in [1.54, 1.807) is 0 Å². The van der Waals surface area contributed by atoms with E-state index in [1.807, 2.05) is 0 Å². The lowest BCUT2D eigenvalue weighted by Gasteiger charge is -2.05. The van der Waals surface area contributed by atoms with E-state index in [-0.39, 0.29) is 10.0 Å². The van der Waals surface area contributed by atoms with Crippen LogP contribution in [0.3, 0.4) is 0 Å². The van der Waals surface area contributed by atoms with Gasteiger partial charge in [-0.05, 0) is 24.3 Å². The first-order valence-corrected chi connectivity index (χ1v) is 7.05. The molecule has 0 bridgehead atoms. The molecule has 0 aliphatic rings. The van der Waals surface area contributed by atoms with Crippen molar-refractivity contribution in [1.29, 1.82) is 0 Å². The molecule has 0 saturated heterocycles. The molecule has 0 atom stereocenters. The maximum Gasteiger partial charge on any atom is 0.272 e. The van der Waals surface area contributed by atoms with Gasteiger partial charge in [-0.2, -0.15) is 0 Å². The first-order valence-electron chi connectivity index (χ1n) is 4.38. The van der Waals surface area contributed by atoms with Crippen LogP contribution in [-0.2, 0) is 10.0 Å². The number of sulfonamides is 1. The van der Waals surface area contributed by atoms with Crippen molar-refractivity contribution in [3.63, 3.8) is 0 Å². The molecule has 0 amide bonds. The second-order valence-corrected chi connectivity index (χ2v) is 6.62. The molecule has 0 aromatic carbocycles. The molecule has 0 spiro atoms. The van der Waals surface area contributed by atoms with Gasteiger partial charge in [-0.15, -0.1) is 11.3 Å². The summed E-state index contributed by atoms with van der Waals surface area (Å²) in [5.41, 5.74) is 0. The smallest absolute Gasteiger partial charge is 0.260 e. The molecule has 0 saturated carbocycles. The van der Waals surface area contributed by atoms with Gasteiger partial charge in [-0.1, -0.05) is 11.6 Å². The summed E-state index contributed by atoms with van der Waals surface area (Å²) in [6.45, 7) is 0. The third kappa shape index (κ3) is 2.74. The predicted molar refractivity (Wildman–Crippen MR) is 64.3 cm³/mol. The summed E-state index contributed by atoms with van der Waals surface area (Å²) in [7, 11) is -3.83. The SMILES string of the molecule is O=S(=O)(Nc1ncccc1F)c1ccc(Cl)s1. The fraction of sp³-hybridized carbons (Fsp3) is 0. The van der Waals surface area contributed by atoms with Crippen LogP contribution in [0.2, 0.25) is 4.34 Å². The average molecular weight is 293 g/mol. The molecule has 0 aliphatic heterocycles. The van der Waals surface area contributed by atoms with Gasteiger partial charge in [0.05, 0.1) is 4.34 Å². The molecular formula is C9H6ClFN2O2S2. The van der Waals surface area contributed by atoms with Gasteiger partial charge in [0.15, 0.2) is 11.6 Å². The Balaban J connectivity index is 2.33. The minimum Gasteiger partial charge on any atom is -0.260 e. The van der Waals surface area contributed by atoms with E-state index in [2.05, 4.69) is 9.71 Å². The normalized spacial score (nSPS) is 11.4. The van der Waals surface area contributed by atoms with Gasteiger partial charge in [0.2, 0.25) is 0 Å². The lowest BCUT2D eigenvalue weighted by Crippen LogP contribution is -2.13. The number of hydrogen-bond donors (Lipinski definition) is 1. The molecule has 0 fully saturated rings. The van der Waals surface area contributed by atoms with Crippen molar-refractivity contribution in [2.75, 3.05) is 4.72 Å². The molecule has 4 nitrogen and oxygen atoms in total. The second-order valence-electron chi connectivity index (χ2n) is 3.00. The lowest BCUT2D eigenvalue weighted by atomic mass is 10.4. The number of hydrogen-bond acceptors (Lipinski definition) is 4. The first kappa shape index (κ1) is 12.3. The van der Waals surface area contributed by atoms with Crippen molar-refractivity contribution in [3.05, 3.63) is 40.6 Å². The minimum atomic E-state index is -3.83. The standard InChI is InChI=1S/C9H6ClFN2O2S2/c10-7-3-4-8(16-7)17(14,15)13-9-6(11)2-1-5-12-9/h1-5H,(H,12,13). The molecule has 1 N–H and O–H groups in total. The highest BCUT2D eigenvalue weighted by Crippen LogP contribution is 2.27. The van der Waals surface area contributed by atoms with Gasteiger partial charge in [0.25, 0.3) is 10.0 Å². The molecule has 0 unspecified atom stereocenters. The Bertz CT molecular complexity index is 642. The number of thiophene rings is 1. The number of pyridine rings is 1. The van der Waals surface area contributed by atoms with Gasteiger partial charge >= 0.3 is 0 Å². The molecular weight excluding hydrogens is 287 g/mol. The lowest BCUT2D eigenvalue weighted by molar-refractivity contribution is 0.599. The fourth-order valence-electron chi connectivity index (χ4n) is 1.08. The Morgan fingerprint density at radius 1 is 1.35 bits per heavy atom. The number of rotatable bonds is 3. The van der Waals surface area contributed by atoms with Gasteiger partial charge in [-0.3, -0.25) is 4.72 Å². The van der Waals surface area contributed by atoms with E-state index in [0.717, 1.165) is 17.4 Å². The monoisotopic (exact) mass is 292 g/mol. The van der Waals surface area contributed by atoms with Crippen LogP contribution in [0.4, 0.5) is 10.2 Å². The zero-order valence-corrected chi connectivity index (χ0v) is 10.6. The third-order valence-electron chi connectivity index (χ3n) is 1.80. The average Bonchev–Trinajstić information content (AvgIpc) is 2.69. The molecule has 2 heterocycles. The molecule has 2 aromatic rings. The number of aromatic nitrogens is 1. The van der Waals surface area contributed by atoms with Crippen molar-refractivity contribution in [3.8, 4) is 0 Å². The van der Waals surface area contributed by atoms with Crippen LogP contribution in [0.5, 0.6) is 0 Å². The number of nitrogens with one attached hydrogen (secondary N) is 1. The van der Waals surface area contributed by atoms with Gasteiger partial charge in [0, 0.05) is 6.20 Å². The van der Waals surface area contributed by atoms with Crippen molar-refractivity contribution in [2.45, 2.75) is 4.21 Å². The fourth-order valence-corrected chi connectivity index (χ4v) is 3.58. The van der Waals surface area contributed by atoms with Gasteiger partial charge in [0.1, 0.15) is 4.21 Å². The molecule has 90 valence electrons. The van der Waals surface area contributed by atoms with E-state index in [0.29, 0.717) is 4.34 Å². The summed E-state index contributed by atoms with van der Waals surface area (Å²) < 4.78 is 39.2. The van der Waals surface area contributed by atoms with Crippen LogP contribution in [0.15, 0.2) is 34.7 Å². The van der Waals surface area contributed by atoms with E-state index < -0.39 is 15.8 Å². The third-order valence-corrected chi connectivity index (χ3v) is 4.86. The first-order chi connectivity index (χ1) is 7.99. The Hall–Kier alpha value is -1.18. The highest BCUT2D eigenvalue weighted by Gasteiger charge is 2.18. The number of anilines is 1. The summed E-state index contributed by atoms with van der Waals surface area (Å²) >= 11 is 6.52. The number of halogens is 2. The van der Waals surface area contributed by atoms with Crippen molar-refractivity contribution >= 4 is 38.8 Å². The van der Waals surface area contributed by atoms with Crippen molar-refractivity contribution < 1.29 is 12.8 Å². The van der Waals surface area contributed by atoms with Gasteiger partial charge in [-0.25, -0.2) is 17.8 Å². The Morgan fingerprint density at radius 3 is 2.71 bits per heavy atom. The highest BCUT2D eigenvalue weighted by atomic mass is 35.5.